The van der Waals surface area contributed by atoms with Crippen LogP contribution in [0.2, 0.25) is 0 Å². The molecule has 7 heteroatoms. The fourth-order valence-corrected chi connectivity index (χ4v) is 2.97. The smallest absolute Gasteiger partial charge is 0.234 e. The van der Waals surface area contributed by atoms with Crippen LogP contribution in [-0.4, -0.2) is 29.9 Å². The van der Waals surface area contributed by atoms with E-state index in [9.17, 15) is 4.39 Å². The molecule has 0 unspecified atom stereocenters. The molecule has 5 nitrogen and oxygen atoms in total. The number of nitrogens with zero attached hydrogens (tertiary/aromatic N) is 2. The van der Waals surface area contributed by atoms with E-state index in [1.165, 1.54) is 12.1 Å². The first-order valence-corrected chi connectivity index (χ1v) is 7.51. The van der Waals surface area contributed by atoms with Gasteiger partial charge < -0.3 is 15.0 Å². The lowest BCUT2D eigenvalue weighted by molar-refractivity contribution is 0.0409. The van der Waals surface area contributed by atoms with Crippen molar-refractivity contribution in [3.8, 4) is 11.4 Å². The molecule has 1 aliphatic rings. The van der Waals surface area contributed by atoms with Gasteiger partial charge in [0.25, 0.3) is 0 Å². The molecule has 1 saturated heterocycles. The molecular formula is C14H15BrFN3O2. The third-order valence-electron chi connectivity index (χ3n) is 3.84. The van der Waals surface area contributed by atoms with Gasteiger partial charge in [0.15, 0.2) is 0 Å². The standard InChI is InChI=1S/C14H15BrFN3O2/c15-10-5-9(6-11(16)7-10)12-18-13(21-19-12)14(8-17)1-3-20-4-2-14/h5-7H,1-4,8,17H2. The van der Waals surface area contributed by atoms with Gasteiger partial charge in [0.05, 0.1) is 5.41 Å². The number of nitrogens with two attached hydrogens (primary N) is 1. The number of hydrogen-bond acceptors (Lipinski definition) is 5. The summed E-state index contributed by atoms with van der Waals surface area (Å²) in [4.78, 5) is 4.43. The average molecular weight is 356 g/mol. The van der Waals surface area contributed by atoms with Crippen LogP contribution in [-0.2, 0) is 10.2 Å². The van der Waals surface area contributed by atoms with Gasteiger partial charge >= 0.3 is 0 Å². The summed E-state index contributed by atoms with van der Waals surface area (Å²) in [6, 6.07) is 4.50. The molecule has 2 N–H and O–H groups in total. The van der Waals surface area contributed by atoms with Crippen molar-refractivity contribution in [2.75, 3.05) is 19.8 Å². The van der Waals surface area contributed by atoms with Gasteiger partial charge in [0.2, 0.25) is 11.7 Å². The van der Waals surface area contributed by atoms with E-state index in [1.54, 1.807) is 6.07 Å². The number of halogens is 2. The summed E-state index contributed by atoms with van der Waals surface area (Å²) >= 11 is 3.26. The van der Waals surface area contributed by atoms with Crippen molar-refractivity contribution in [2.24, 2.45) is 5.73 Å². The maximum absolute atomic E-state index is 13.5. The van der Waals surface area contributed by atoms with Crippen molar-refractivity contribution in [1.82, 2.24) is 10.1 Å². The van der Waals surface area contributed by atoms with Crippen LogP contribution < -0.4 is 5.73 Å². The normalized spacial score (nSPS) is 17.9. The topological polar surface area (TPSA) is 74.2 Å². The molecule has 3 rings (SSSR count). The highest BCUT2D eigenvalue weighted by Crippen LogP contribution is 2.34. The van der Waals surface area contributed by atoms with E-state index in [4.69, 9.17) is 15.0 Å². The zero-order valence-electron chi connectivity index (χ0n) is 11.3. The molecule has 112 valence electrons. The van der Waals surface area contributed by atoms with Crippen molar-refractivity contribution in [1.29, 1.82) is 0 Å². The summed E-state index contributed by atoms with van der Waals surface area (Å²) in [6.45, 7) is 1.67. The van der Waals surface area contributed by atoms with Crippen LogP contribution in [0.1, 0.15) is 18.7 Å². The lowest BCUT2D eigenvalue weighted by atomic mass is 9.80. The van der Waals surface area contributed by atoms with Crippen LogP contribution in [0, 0.1) is 5.82 Å². The van der Waals surface area contributed by atoms with Gasteiger partial charge in [0.1, 0.15) is 5.82 Å². The second kappa shape index (κ2) is 5.82. The van der Waals surface area contributed by atoms with Crippen molar-refractivity contribution >= 4 is 15.9 Å². The Hall–Kier alpha value is -1.31. The van der Waals surface area contributed by atoms with Crippen molar-refractivity contribution in [3.63, 3.8) is 0 Å². The predicted molar refractivity (Wildman–Crippen MR) is 78.2 cm³/mol. The number of benzene rings is 1. The second-order valence-corrected chi connectivity index (χ2v) is 6.09. The van der Waals surface area contributed by atoms with Crippen LogP contribution >= 0.6 is 15.9 Å². The maximum Gasteiger partial charge on any atom is 0.234 e. The van der Waals surface area contributed by atoms with E-state index in [0.29, 0.717) is 41.5 Å². The molecule has 0 saturated carbocycles. The zero-order valence-corrected chi connectivity index (χ0v) is 12.9. The van der Waals surface area contributed by atoms with Crippen LogP contribution in [0.25, 0.3) is 11.4 Å². The summed E-state index contributed by atoms with van der Waals surface area (Å²) in [7, 11) is 0. The molecule has 1 aromatic heterocycles. The van der Waals surface area contributed by atoms with Crippen LogP contribution in [0.15, 0.2) is 27.2 Å². The first kappa shape index (κ1) is 14.6. The number of rotatable bonds is 3. The van der Waals surface area contributed by atoms with Crippen molar-refractivity contribution < 1.29 is 13.7 Å². The molecular weight excluding hydrogens is 341 g/mol. The lowest BCUT2D eigenvalue weighted by Crippen LogP contribution is -2.40. The Balaban J connectivity index is 1.95. The molecule has 0 amide bonds. The summed E-state index contributed by atoms with van der Waals surface area (Å²) in [5.41, 5.74) is 6.14. The summed E-state index contributed by atoms with van der Waals surface area (Å²) in [6.07, 6.45) is 1.50. The molecule has 1 aliphatic heterocycles. The predicted octanol–water partition coefficient (Wildman–Crippen LogP) is 2.65. The lowest BCUT2D eigenvalue weighted by Gasteiger charge is -2.32. The molecule has 0 atom stereocenters. The minimum atomic E-state index is -0.356. The monoisotopic (exact) mass is 355 g/mol. The van der Waals surface area contributed by atoms with Gasteiger partial charge in [-0.1, -0.05) is 21.1 Å². The van der Waals surface area contributed by atoms with E-state index in [2.05, 4.69) is 26.1 Å². The SMILES string of the molecule is NCC1(c2nc(-c3cc(F)cc(Br)c3)no2)CCOCC1. The maximum atomic E-state index is 13.5. The third-order valence-corrected chi connectivity index (χ3v) is 4.30. The number of hydrogen-bond donors (Lipinski definition) is 1. The Morgan fingerprint density at radius 3 is 2.71 bits per heavy atom. The van der Waals surface area contributed by atoms with Crippen LogP contribution in [0.4, 0.5) is 4.39 Å². The highest BCUT2D eigenvalue weighted by atomic mass is 79.9. The quantitative estimate of drug-likeness (QED) is 0.915. The second-order valence-electron chi connectivity index (χ2n) is 5.18. The van der Waals surface area contributed by atoms with E-state index >= 15 is 0 Å². The minimum absolute atomic E-state index is 0.339. The van der Waals surface area contributed by atoms with Crippen LogP contribution in [0.5, 0.6) is 0 Å². The molecule has 2 aromatic rings. The van der Waals surface area contributed by atoms with Gasteiger partial charge in [-0.15, -0.1) is 0 Å². The molecule has 0 radical (unpaired) electrons. The van der Waals surface area contributed by atoms with E-state index in [1.807, 2.05) is 0 Å². The van der Waals surface area contributed by atoms with Crippen LogP contribution in [0.3, 0.4) is 0 Å². The summed E-state index contributed by atoms with van der Waals surface area (Å²) in [5.74, 6) is 0.513. The summed E-state index contributed by atoms with van der Waals surface area (Å²) < 4.78 is 24.9. The molecule has 1 aromatic carbocycles. The fraction of sp³-hybridized carbons (Fsp3) is 0.429. The minimum Gasteiger partial charge on any atom is -0.381 e. The Morgan fingerprint density at radius 2 is 2.05 bits per heavy atom. The average Bonchev–Trinajstić information content (AvgIpc) is 2.97. The Labute approximate surface area is 129 Å². The molecule has 0 aliphatic carbocycles. The molecule has 1 fully saturated rings. The van der Waals surface area contributed by atoms with Gasteiger partial charge in [-0.3, -0.25) is 0 Å². The van der Waals surface area contributed by atoms with Gasteiger partial charge in [-0.05, 0) is 31.0 Å². The molecule has 0 spiro atoms. The van der Waals surface area contributed by atoms with E-state index < -0.39 is 0 Å². The van der Waals surface area contributed by atoms with Gasteiger partial charge in [0, 0.05) is 29.8 Å². The van der Waals surface area contributed by atoms with Crippen molar-refractivity contribution in [3.05, 3.63) is 34.4 Å². The first-order chi connectivity index (χ1) is 10.1. The number of aromatic nitrogens is 2. The molecule has 21 heavy (non-hydrogen) atoms. The van der Waals surface area contributed by atoms with E-state index in [0.717, 1.165) is 12.8 Å². The Bertz CT molecular complexity index is 621. The Morgan fingerprint density at radius 1 is 1.29 bits per heavy atom. The highest BCUT2D eigenvalue weighted by Gasteiger charge is 2.38. The highest BCUT2D eigenvalue weighted by molar-refractivity contribution is 9.10. The summed E-state index contributed by atoms with van der Waals surface area (Å²) in [5, 5.41) is 3.97. The largest absolute Gasteiger partial charge is 0.381 e. The third kappa shape index (κ3) is 2.86. The Kier molecular flexibility index (Phi) is 4.05. The van der Waals surface area contributed by atoms with E-state index in [-0.39, 0.29) is 11.2 Å². The molecule has 2 heterocycles. The first-order valence-electron chi connectivity index (χ1n) is 6.71. The van der Waals surface area contributed by atoms with Gasteiger partial charge in [-0.2, -0.15) is 4.98 Å². The molecule has 0 bridgehead atoms. The van der Waals surface area contributed by atoms with Gasteiger partial charge in [-0.25, -0.2) is 4.39 Å². The fourth-order valence-electron chi connectivity index (χ4n) is 2.51. The zero-order chi connectivity index (χ0) is 14.9. The van der Waals surface area contributed by atoms with Crippen molar-refractivity contribution in [2.45, 2.75) is 18.3 Å². The number of ether oxygens (including phenoxy) is 1.